The van der Waals surface area contributed by atoms with Crippen LogP contribution < -0.4 is 0 Å². The maximum Gasteiger partial charge on any atom is -0.00258 e. The quantitative estimate of drug-likeness (QED) is 0.305. The Morgan fingerprint density at radius 1 is 0.345 bits per heavy atom. The van der Waals surface area contributed by atoms with Gasteiger partial charge in [-0.15, -0.1) is 0 Å². The summed E-state index contributed by atoms with van der Waals surface area (Å²) in [6, 6.07) is 38.4. The third-order valence-electron chi connectivity index (χ3n) is 4.90. The first-order valence-electron chi connectivity index (χ1n) is 9.99. The Labute approximate surface area is 173 Å². The van der Waals surface area contributed by atoms with Crippen molar-refractivity contribution in [2.75, 3.05) is 0 Å². The van der Waals surface area contributed by atoms with Crippen LogP contribution in [-0.2, 0) is 6.42 Å². The van der Waals surface area contributed by atoms with Gasteiger partial charge in [-0.2, -0.15) is 0 Å². The van der Waals surface area contributed by atoms with Gasteiger partial charge in [0.05, 0.1) is 0 Å². The van der Waals surface area contributed by atoms with Gasteiger partial charge in [0.1, 0.15) is 0 Å². The molecular weight excluding hydrogens is 348 g/mol. The maximum absolute atomic E-state index is 2.22. The summed E-state index contributed by atoms with van der Waals surface area (Å²) in [6.07, 6.45) is 9.57. The summed E-state index contributed by atoms with van der Waals surface area (Å²) in [5.74, 6) is 0. The lowest BCUT2D eigenvalue weighted by Crippen LogP contribution is -1.88. The second kappa shape index (κ2) is 9.52. The van der Waals surface area contributed by atoms with E-state index in [1.54, 1.807) is 0 Å². The van der Waals surface area contributed by atoms with Crippen LogP contribution in [0.4, 0.5) is 0 Å². The maximum atomic E-state index is 2.22. The number of hydrogen-bond donors (Lipinski definition) is 0. The highest BCUT2D eigenvalue weighted by molar-refractivity contribution is 5.70. The second-order valence-corrected chi connectivity index (χ2v) is 7.15. The van der Waals surface area contributed by atoms with Crippen molar-refractivity contribution in [3.63, 3.8) is 0 Å². The lowest BCUT2D eigenvalue weighted by Gasteiger charge is -2.04. The minimum atomic E-state index is 0.950. The van der Waals surface area contributed by atoms with E-state index in [-0.39, 0.29) is 0 Å². The zero-order chi connectivity index (χ0) is 19.7. The molecule has 29 heavy (non-hydrogen) atoms. The first-order chi connectivity index (χ1) is 14.3. The summed E-state index contributed by atoms with van der Waals surface area (Å²) < 4.78 is 0. The van der Waals surface area contributed by atoms with E-state index in [2.05, 4.69) is 121 Å². The van der Waals surface area contributed by atoms with Crippen LogP contribution in [0.15, 0.2) is 109 Å². The molecule has 0 aliphatic heterocycles. The number of rotatable bonds is 6. The van der Waals surface area contributed by atoms with Crippen molar-refractivity contribution in [3.05, 3.63) is 143 Å². The molecule has 0 spiro atoms. The number of hydrogen-bond acceptors (Lipinski definition) is 0. The summed E-state index contributed by atoms with van der Waals surface area (Å²) in [7, 11) is 0. The molecule has 0 N–H and O–H groups in total. The SMILES string of the molecule is C(=C\c1ccc(Cc2ccc(/C=C/c3ccccc3)cc2)cc1)/c1ccccc1. The van der Waals surface area contributed by atoms with Gasteiger partial charge in [-0.25, -0.2) is 0 Å². The molecule has 4 rings (SSSR count). The molecule has 0 bridgehead atoms. The van der Waals surface area contributed by atoms with Gasteiger partial charge in [0.2, 0.25) is 0 Å². The van der Waals surface area contributed by atoms with Gasteiger partial charge < -0.3 is 0 Å². The average Bonchev–Trinajstić information content (AvgIpc) is 2.80. The van der Waals surface area contributed by atoms with Gasteiger partial charge in [-0.3, -0.25) is 0 Å². The molecule has 140 valence electrons. The molecule has 0 unspecified atom stereocenters. The van der Waals surface area contributed by atoms with Gasteiger partial charge in [0, 0.05) is 0 Å². The van der Waals surface area contributed by atoms with E-state index in [0.717, 1.165) is 6.42 Å². The molecule has 0 amide bonds. The first-order valence-corrected chi connectivity index (χ1v) is 9.99. The smallest absolute Gasteiger partial charge is 0.00258 e. The topological polar surface area (TPSA) is 0 Å². The van der Waals surface area contributed by atoms with E-state index >= 15 is 0 Å². The zero-order valence-electron chi connectivity index (χ0n) is 16.4. The van der Waals surface area contributed by atoms with E-state index in [4.69, 9.17) is 0 Å². The van der Waals surface area contributed by atoms with E-state index in [1.165, 1.54) is 33.4 Å². The van der Waals surface area contributed by atoms with Crippen LogP contribution in [0.3, 0.4) is 0 Å². The molecule has 0 radical (unpaired) electrons. The van der Waals surface area contributed by atoms with E-state index in [1.807, 2.05) is 12.1 Å². The molecule has 4 aromatic carbocycles. The standard InChI is InChI=1S/C29H24/c1-3-7-24(8-4-1)11-13-26-15-19-28(20-16-26)23-29-21-17-27(18-22-29)14-12-25-9-5-2-6-10-25/h1-22H,23H2/b13-11+,14-12+. The van der Waals surface area contributed by atoms with E-state index in [0.29, 0.717) is 0 Å². The van der Waals surface area contributed by atoms with Crippen molar-refractivity contribution in [2.45, 2.75) is 6.42 Å². The zero-order valence-corrected chi connectivity index (χ0v) is 16.4. The third-order valence-corrected chi connectivity index (χ3v) is 4.90. The Morgan fingerprint density at radius 2 is 0.655 bits per heavy atom. The Morgan fingerprint density at radius 3 is 1.00 bits per heavy atom. The van der Waals surface area contributed by atoms with Crippen LogP contribution in [0.2, 0.25) is 0 Å². The molecule has 0 aromatic heterocycles. The van der Waals surface area contributed by atoms with Crippen LogP contribution in [0.1, 0.15) is 33.4 Å². The summed E-state index contributed by atoms with van der Waals surface area (Å²) in [6.45, 7) is 0. The fraction of sp³-hybridized carbons (Fsp3) is 0.0345. The molecular formula is C29H24. The van der Waals surface area contributed by atoms with Crippen molar-refractivity contribution >= 4 is 24.3 Å². The van der Waals surface area contributed by atoms with Gasteiger partial charge in [-0.1, -0.05) is 133 Å². The Hall–Kier alpha value is -3.64. The van der Waals surface area contributed by atoms with Crippen molar-refractivity contribution in [2.24, 2.45) is 0 Å². The Balaban J connectivity index is 1.36. The molecule has 0 saturated carbocycles. The highest BCUT2D eigenvalue weighted by Crippen LogP contribution is 2.15. The molecule has 0 saturated heterocycles. The summed E-state index contributed by atoms with van der Waals surface area (Å²) >= 11 is 0. The predicted octanol–water partition coefficient (Wildman–Crippen LogP) is 7.62. The monoisotopic (exact) mass is 372 g/mol. The fourth-order valence-electron chi connectivity index (χ4n) is 3.24. The molecule has 0 heteroatoms. The number of benzene rings is 4. The van der Waals surface area contributed by atoms with Gasteiger partial charge >= 0.3 is 0 Å². The summed E-state index contributed by atoms with van der Waals surface area (Å²) in [5.41, 5.74) is 7.54. The molecule has 0 fully saturated rings. The molecule has 0 aliphatic rings. The molecule has 0 aliphatic carbocycles. The normalized spacial score (nSPS) is 11.3. The van der Waals surface area contributed by atoms with Crippen LogP contribution in [0, 0.1) is 0 Å². The van der Waals surface area contributed by atoms with Crippen LogP contribution >= 0.6 is 0 Å². The molecule has 0 atom stereocenters. The summed E-state index contributed by atoms with van der Waals surface area (Å²) in [4.78, 5) is 0. The van der Waals surface area contributed by atoms with E-state index in [9.17, 15) is 0 Å². The fourth-order valence-corrected chi connectivity index (χ4v) is 3.24. The minimum Gasteiger partial charge on any atom is -0.0622 e. The molecule has 0 nitrogen and oxygen atoms in total. The van der Waals surface area contributed by atoms with Crippen LogP contribution in [0.5, 0.6) is 0 Å². The highest BCUT2D eigenvalue weighted by Gasteiger charge is 1.97. The Kier molecular flexibility index (Phi) is 6.14. The third kappa shape index (κ3) is 5.67. The predicted molar refractivity (Wildman–Crippen MR) is 126 cm³/mol. The lowest BCUT2D eigenvalue weighted by atomic mass is 10.0. The lowest BCUT2D eigenvalue weighted by molar-refractivity contribution is 1.19. The minimum absolute atomic E-state index is 0.950. The van der Waals surface area contributed by atoms with E-state index < -0.39 is 0 Å². The van der Waals surface area contributed by atoms with Crippen molar-refractivity contribution in [1.82, 2.24) is 0 Å². The molecule has 4 aromatic rings. The highest BCUT2D eigenvalue weighted by atomic mass is 14.0. The van der Waals surface area contributed by atoms with Crippen molar-refractivity contribution < 1.29 is 0 Å². The van der Waals surface area contributed by atoms with Crippen LogP contribution in [0.25, 0.3) is 24.3 Å². The Bertz CT molecular complexity index is 977. The average molecular weight is 373 g/mol. The van der Waals surface area contributed by atoms with Gasteiger partial charge in [0.25, 0.3) is 0 Å². The van der Waals surface area contributed by atoms with Crippen LogP contribution in [-0.4, -0.2) is 0 Å². The second-order valence-electron chi connectivity index (χ2n) is 7.15. The van der Waals surface area contributed by atoms with Gasteiger partial charge in [-0.05, 0) is 39.8 Å². The van der Waals surface area contributed by atoms with Crippen molar-refractivity contribution in [1.29, 1.82) is 0 Å². The largest absolute Gasteiger partial charge is 0.0622 e. The summed E-state index contributed by atoms with van der Waals surface area (Å²) in [5, 5.41) is 0. The first kappa shape index (κ1) is 18.7. The van der Waals surface area contributed by atoms with Crippen molar-refractivity contribution in [3.8, 4) is 0 Å². The molecule has 0 heterocycles. The van der Waals surface area contributed by atoms with Gasteiger partial charge in [0.15, 0.2) is 0 Å².